The summed E-state index contributed by atoms with van der Waals surface area (Å²) < 4.78 is 81.8. The lowest BCUT2D eigenvalue weighted by molar-refractivity contribution is -0.196. The summed E-state index contributed by atoms with van der Waals surface area (Å²) >= 11 is 0. The number of amides is 4. The van der Waals surface area contributed by atoms with Crippen molar-refractivity contribution >= 4 is 35.4 Å². The summed E-state index contributed by atoms with van der Waals surface area (Å²) in [7, 11) is 2.99. The van der Waals surface area contributed by atoms with Crippen molar-refractivity contribution < 1.29 is 80.8 Å². The monoisotopic (exact) mass is 1240 g/mol. The zero-order valence-electron chi connectivity index (χ0n) is 52.7. The van der Waals surface area contributed by atoms with Gasteiger partial charge in [0.2, 0.25) is 0 Å². The van der Waals surface area contributed by atoms with Gasteiger partial charge in [0.15, 0.2) is 48.0 Å². The molecule has 3 aromatic carbocycles. The van der Waals surface area contributed by atoms with E-state index in [2.05, 4.69) is 10.3 Å². The fourth-order valence-corrected chi connectivity index (χ4v) is 12.0. The highest BCUT2D eigenvalue weighted by molar-refractivity contribution is 6.07. The third-order valence-corrected chi connectivity index (χ3v) is 16.0. The van der Waals surface area contributed by atoms with Gasteiger partial charge in [-0.3, -0.25) is 9.59 Å². The van der Waals surface area contributed by atoms with Gasteiger partial charge in [0, 0.05) is 50.5 Å². The first-order valence-electron chi connectivity index (χ1n) is 31.3. The molecule has 25 nitrogen and oxygen atoms in total. The number of aromatic nitrogens is 3. The van der Waals surface area contributed by atoms with Crippen molar-refractivity contribution in [3.05, 3.63) is 70.9 Å². The minimum atomic E-state index is -0.949. The summed E-state index contributed by atoms with van der Waals surface area (Å²) in [5, 5.41) is 9.01. The van der Waals surface area contributed by atoms with Crippen LogP contribution in [-0.4, -0.2) is 184 Å². The molecule has 4 amide bonds. The molecule has 0 aliphatic carbocycles. The molecule has 0 bridgehead atoms. The molecule has 89 heavy (non-hydrogen) atoms. The third-order valence-electron chi connectivity index (χ3n) is 16.0. The van der Waals surface area contributed by atoms with Crippen LogP contribution < -0.4 is 34.5 Å². The molecular weight excluding hydrogens is 1150 g/mol. The van der Waals surface area contributed by atoms with E-state index in [4.69, 9.17) is 67.3 Å². The number of carbonyl (C=O) groups excluding carboxylic acids is 4. The first kappa shape index (κ1) is 65.1. The highest BCUT2D eigenvalue weighted by Gasteiger charge is 2.50. The largest absolute Gasteiger partial charge is 0.493 e. The molecule has 486 valence electrons. The molecule has 25 heteroatoms. The maximum Gasteiger partial charge on any atom is 0.417 e. The van der Waals surface area contributed by atoms with Gasteiger partial charge in [0.25, 0.3) is 11.8 Å². The van der Waals surface area contributed by atoms with E-state index in [0.29, 0.717) is 127 Å². The number of hydrogen-bond donors (Lipinski definition) is 1. The number of nitrogens with two attached hydrogens (primary N) is 1. The SMILES string of the molecule is COc1cc2c(cc1OCc1cc(COc3cc4c(cc3OC)C(=O)N3CCC[C@H]3[C@H](OC3CCCCO3)N4C(=O)OC(C)(C)C)cc(-c3cn(CCOCCOCCOCCN)nn3)c1)N(C(=O)OC(C)(C)C)[C@@H](OC1CCCCO1)[C@@H]1CCCN1C2=O. The van der Waals surface area contributed by atoms with Crippen LogP contribution in [0.2, 0.25) is 0 Å². The van der Waals surface area contributed by atoms with Gasteiger partial charge in [-0.15, -0.1) is 5.10 Å². The van der Waals surface area contributed by atoms with Crippen molar-refractivity contribution in [1.82, 2.24) is 24.8 Å². The average molecular weight is 1240 g/mol. The van der Waals surface area contributed by atoms with Crippen molar-refractivity contribution in [2.45, 2.75) is 174 Å². The molecule has 1 aromatic heterocycles. The van der Waals surface area contributed by atoms with E-state index in [9.17, 15) is 19.2 Å². The minimum Gasteiger partial charge on any atom is -0.493 e. The van der Waals surface area contributed by atoms with Gasteiger partial charge in [-0.05, 0) is 147 Å². The number of fused-ring (bicyclic) bond motifs is 4. The van der Waals surface area contributed by atoms with E-state index in [1.807, 2.05) is 24.4 Å². The Morgan fingerprint density at radius 2 is 1.06 bits per heavy atom. The second-order valence-corrected chi connectivity index (χ2v) is 24.9. The highest BCUT2D eigenvalue weighted by Crippen LogP contribution is 2.46. The average Bonchev–Trinajstić information content (AvgIpc) is 1.76. The minimum absolute atomic E-state index is 0.0525. The number of benzene rings is 3. The van der Waals surface area contributed by atoms with Crippen LogP contribution in [0.3, 0.4) is 0 Å². The van der Waals surface area contributed by atoms with Crippen LogP contribution in [0.1, 0.15) is 138 Å². The lowest BCUT2D eigenvalue weighted by atomic mass is 10.0. The Kier molecular flexibility index (Phi) is 21.5. The Bertz CT molecular complexity index is 2910. The van der Waals surface area contributed by atoms with Crippen LogP contribution in [0.15, 0.2) is 48.7 Å². The van der Waals surface area contributed by atoms with Crippen LogP contribution >= 0.6 is 0 Å². The van der Waals surface area contributed by atoms with Crippen molar-refractivity contribution in [3.8, 4) is 34.3 Å². The normalized spacial score (nSPS) is 22.0. The lowest BCUT2D eigenvalue weighted by Crippen LogP contribution is -2.54. The molecule has 10 rings (SSSR count). The molecule has 6 aliphatic heterocycles. The number of methoxy groups -OCH3 is 2. The molecule has 2 unspecified atom stereocenters. The predicted octanol–water partition coefficient (Wildman–Crippen LogP) is 8.59. The van der Waals surface area contributed by atoms with Gasteiger partial charge in [-0.2, -0.15) is 0 Å². The number of hydrogen-bond acceptors (Lipinski definition) is 20. The van der Waals surface area contributed by atoms with Crippen molar-refractivity contribution in [1.29, 1.82) is 0 Å². The van der Waals surface area contributed by atoms with E-state index < -0.39 is 60.5 Å². The number of nitrogens with zero attached hydrogens (tertiary/aromatic N) is 7. The highest BCUT2D eigenvalue weighted by atomic mass is 16.7. The Labute approximate surface area is 520 Å². The topological polar surface area (TPSA) is 258 Å². The Morgan fingerprint density at radius 3 is 1.49 bits per heavy atom. The molecule has 7 heterocycles. The maximum atomic E-state index is 14.7. The van der Waals surface area contributed by atoms with Crippen molar-refractivity contribution in [2.75, 3.05) is 96.5 Å². The molecule has 4 saturated heterocycles. The van der Waals surface area contributed by atoms with Gasteiger partial charge >= 0.3 is 12.2 Å². The molecule has 6 aliphatic rings. The summed E-state index contributed by atoms with van der Waals surface area (Å²) in [5.41, 5.74) is 7.17. The first-order chi connectivity index (χ1) is 42.9. The van der Waals surface area contributed by atoms with Gasteiger partial charge < -0.3 is 77.1 Å². The summed E-state index contributed by atoms with van der Waals surface area (Å²) in [6, 6.07) is 11.3. The third kappa shape index (κ3) is 16.0. The summed E-state index contributed by atoms with van der Waals surface area (Å²) in [5.74, 6) is 0.431. The Morgan fingerprint density at radius 1 is 0.584 bits per heavy atom. The Balaban J connectivity index is 0.980. The Hall–Kier alpha value is -6.84. The van der Waals surface area contributed by atoms with Crippen LogP contribution in [0, 0.1) is 0 Å². The van der Waals surface area contributed by atoms with Crippen molar-refractivity contribution in [3.63, 3.8) is 0 Å². The fourth-order valence-electron chi connectivity index (χ4n) is 12.0. The fraction of sp³-hybridized carbons (Fsp3) is 0.625. The molecule has 0 spiro atoms. The van der Waals surface area contributed by atoms with Crippen LogP contribution in [0.25, 0.3) is 11.3 Å². The number of anilines is 2. The first-order valence-corrected chi connectivity index (χ1v) is 31.3. The summed E-state index contributed by atoms with van der Waals surface area (Å²) in [6.07, 6.45) is 4.79. The van der Waals surface area contributed by atoms with Crippen LogP contribution in [0.5, 0.6) is 23.0 Å². The van der Waals surface area contributed by atoms with Gasteiger partial charge in [0.05, 0.1) is 101 Å². The molecule has 4 aromatic rings. The number of ether oxygens (including phenoxy) is 13. The van der Waals surface area contributed by atoms with E-state index >= 15 is 0 Å². The quantitative estimate of drug-likeness (QED) is 0.0644. The van der Waals surface area contributed by atoms with Crippen LogP contribution in [-0.2, 0) is 62.4 Å². The molecular formula is C64H88N8O17. The number of rotatable bonds is 24. The lowest BCUT2D eigenvalue weighted by Gasteiger charge is -2.39. The molecule has 4 fully saturated rings. The summed E-state index contributed by atoms with van der Waals surface area (Å²) in [4.78, 5) is 65.3. The molecule has 6 atom stereocenters. The van der Waals surface area contributed by atoms with Crippen LogP contribution in [0.4, 0.5) is 21.0 Å². The maximum absolute atomic E-state index is 14.7. The van der Waals surface area contributed by atoms with Gasteiger partial charge in [-0.1, -0.05) is 5.21 Å². The second kappa shape index (κ2) is 29.4. The zero-order valence-corrected chi connectivity index (χ0v) is 52.7. The second-order valence-electron chi connectivity index (χ2n) is 24.9. The zero-order chi connectivity index (χ0) is 62.8. The van der Waals surface area contributed by atoms with E-state index in [1.165, 1.54) is 24.0 Å². The van der Waals surface area contributed by atoms with Gasteiger partial charge in [0.1, 0.15) is 30.1 Å². The van der Waals surface area contributed by atoms with E-state index in [1.54, 1.807) is 80.3 Å². The standard InChI is InChI=1S/C64H88N8O17/c1-63(2,3)88-61(75)71-49-36-53(51(77-7)34-44(49)57(73)69-20-13-15-47(69)59(71)86-55-17-9-11-23-82-55)84-39-41-31-42(33-43(32-41)46-38-68(67-66-46)22-26-80-28-30-81-29-27-79-25-19-65)40-85-54-37-50-45(35-52(54)78-8)58(74)70-21-14-16-48(70)60(87-56-18-10-12-24-83-56)72(50)62(76)89-64(4,5)6/h31-38,47-48,55-56,59-60H,9-30,39-40,65H2,1-8H3/t47-,48-,55?,56?,59-,60-/m0/s1. The molecule has 0 radical (unpaired) electrons. The van der Waals surface area contributed by atoms with E-state index in [-0.39, 0.29) is 70.5 Å². The van der Waals surface area contributed by atoms with E-state index in [0.717, 1.165) is 38.5 Å². The number of carbonyl (C=O) groups is 4. The van der Waals surface area contributed by atoms with Gasteiger partial charge in [-0.25, -0.2) is 24.1 Å². The smallest absolute Gasteiger partial charge is 0.417 e. The van der Waals surface area contributed by atoms with Crippen molar-refractivity contribution in [2.24, 2.45) is 5.73 Å². The molecule has 0 saturated carbocycles. The summed E-state index contributed by atoms with van der Waals surface area (Å²) in [6.45, 7) is 16.0. The molecule has 2 N–H and O–H groups in total. The predicted molar refractivity (Wildman–Crippen MR) is 324 cm³/mol.